The molecule has 0 saturated heterocycles. The van der Waals surface area contributed by atoms with E-state index in [-0.39, 0.29) is 0 Å². The Hall–Kier alpha value is -8.15. The van der Waals surface area contributed by atoms with Gasteiger partial charge >= 0.3 is 0 Å². The van der Waals surface area contributed by atoms with E-state index in [0.29, 0.717) is 17.6 Å². The van der Waals surface area contributed by atoms with Crippen LogP contribution >= 0.6 is 0 Å². The fourth-order valence-corrected chi connectivity index (χ4v) is 10.5. The molecular formula is C64H57N5. The van der Waals surface area contributed by atoms with Crippen LogP contribution in [0.3, 0.4) is 0 Å². The van der Waals surface area contributed by atoms with Crippen molar-refractivity contribution in [3.63, 3.8) is 0 Å². The molecule has 5 heteroatoms. The molecule has 0 aliphatic rings. The standard InChI is InChI=1S/C64H57N5/c1-40-35-43(4)59(44(5)36-40)68(60-45(6)37-41(2)38-46(60)7)57-39-42(3)47(8)61(48(57)9)69(56-32-22-21-30-53(56)49-23-13-10-14-24-49)64-66-62(52-28-17-12-18-29-52)65-63(67-64)55-34-33-50-25-19-20-31-54(50)58(55)51-26-15-11-16-27-51/h10-39H,1-9H3. The van der Waals surface area contributed by atoms with Gasteiger partial charge in [0.05, 0.1) is 28.4 Å². The van der Waals surface area contributed by atoms with Crippen LogP contribution in [0, 0.1) is 62.3 Å². The second-order valence-corrected chi connectivity index (χ2v) is 18.6. The largest absolute Gasteiger partial charge is 0.309 e. The van der Waals surface area contributed by atoms with E-state index in [1.165, 1.54) is 44.8 Å². The second-order valence-electron chi connectivity index (χ2n) is 18.6. The Labute approximate surface area is 407 Å². The Kier molecular flexibility index (Phi) is 12.0. The number of hydrogen-bond acceptors (Lipinski definition) is 5. The van der Waals surface area contributed by atoms with E-state index in [9.17, 15) is 0 Å². The minimum Gasteiger partial charge on any atom is -0.309 e. The summed E-state index contributed by atoms with van der Waals surface area (Å²) in [7, 11) is 0. The van der Waals surface area contributed by atoms with Gasteiger partial charge in [-0.3, -0.25) is 4.90 Å². The molecule has 0 amide bonds. The molecule has 1 aromatic heterocycles. The van der Waals surface area contributed by atoms with Gasteiger partial charge < -0.3 is 4.90 Å². The van der Waals surface area contributed by atoms with Gasteiger partial charge in [0.25, 0.3) is 0 Å². The zero-order valence-electron chi connectivity index (χ0n) is 41.1. The first-order chi connectivity index (χ1) is 33.5. The first kappa shape index (κ1) is 44.7. The van der Waals surface area contributed by atoms with Gasteiger partial charge in [0.1, 0.15) is 0 Å². The van der Waals surface area contributed by atoms with E-state index < -0.39 is 0 Å². The molecule has 1 heterocycles. The molecule has 0 spiro atoms. The molecule has 0 fully saturated rings. The molecular weight excluding hydrogens is 839 g/mol. The summed E-state index contributed by atoms with van der Waals surface area (Å²) in [5, 5.41) is 2.28. The van der Waals surface area contributed by atoms with Crippen LogP contribution < -0.4 is 9.80 Å². The molecule has 0 aliphatic heterocycles. The van der Waals surface area contributed by atoms with Gasteiger partial charge in [0.15, 0.2) is 11.6 Å². The Morgan fingerprint density at radius 3 is 1.45 bits per heavy atom. The molecule has 0 aliphatic carbocycles. The number of fused-ring (bicyclic) bond motifs is 1. The van der Waals surface area contributed by atoms with Crippen molar-refractivity contribution in [2.24, 2.45) is 0 Å². The third kappa shape index (κ3) is 8.35. The van der Waals surface area contributed by atoms with Crippen LogP contribution in [0.5, 0.6) is 0 Å². The number of benzene rings is 9. The van der Waals surface area contributed by atoms with Gasteiger partial charge in [-0.05, 0) is 141 Å². The van der Waals surface area contributed by atoms with E-state index in [4.69, 9.17) is 15.0 Å². The van der Waals surface area contributed by atoms with Crippen LogP contribution in [-0.4, -0.2) is 15.0 Å². The maximum absolute atomic E-state index is 5.68. The summed E-state index contributed by atoms with van der Waals surface area (Å²) in [6.45, 7) is 20.1. The van der Waals surface area contributed by atoms with Gasteiger partial charge in [-0.15, -0.1) is 0 Å². The summed E-state index contributed by atoms with van der Waals surface area (Å²) in [6.07, 6.45) is 0. The van der Waals surface area contributed by atoms with Crippen molar-refractivity contribution in [1.82, 2.24) is 15.0 Å². The summed E-state index contributed by atoms with van der Waals surface area (Å²) in [5.41, 5.74) is 22.3. The molecule has 0 unspecified atom stereocenters. The Morgan fingerprint density at radius 2 is 0.841 bits per heavy atom. The molecule has 10 aromatic rings. The second kappa shape index (κ2) is 18.5. The summed E-state index contributed by atoms with van der Waals surface area (Å²) in [4.78, 5) is 21.5. The Bertz CT molecular complexity index is 3440. The number of aryl methyl sites for hydroxylation is 7. The highest BCUT2D eigenvalue weighted by molar-refractivity contribution is 6.04. The highest BCUT2D eigenvalue weighted by Crippen LogP contribution is 2.51. The average molecular weight is 896 g/mol. The van der Waals surface area contributed by atoms with Crippen LogP contribution in [0.2, 0.25) is 0 Å². The molecule has 10 rings (SSSR count). The third-order valence-electron chi connectivity index (χ3n) is 13.5. The van der Waals surface area contributed by atoms with Gasteiger partial charge in [-0.1, -0.05) is 175 Å². The van der Waals surface area contributed by atoms with Crippen molar-refractivity contribution in [2.45, 2.75) is 62.3 Å². The van der Waals surface area contributed by atoms with E-state index in [0.717, 1.165) is 77.9 Å². The number of nitrogens with zero attached hydrogens (tertiary/aromatic N) is 5. The molecule has 338 valence electrons. The van der Waals surface area contributed by atoms with Gasteiger partial charge in [0.2, 0.25) is 5.95 Å². The lowest BCUT2D eigenvalue weighted by atomic mass is 9.93. The van der Waals surface area contributed by atoms with Gasteiger partial charge in [-0.2, -0.15) is 9.97 Å². The first-order valence-electron chi connectivity index (χ1n) is 23.9. The monoisotopic (exact) mass is 895 g/mol. The number of anilines is 6. The Morgan fingerprint density at radius 1 is 0.333 bits per heavy atom. The lowest BCUT2D eigenvalue weighted by Crippen LogP contribution is -2.22. The van der Waals surface area contributed by atoms with Gasteiger partial charge in [0, 0.05) is 22.3 Å². The van der Waals surface area contributed by atoms with E-state index in [1.807, 2.05) is 18.2 Å². The fourth-order valence-electron chi connectivity index (χ4n) is 10.5. The molecule has 5 nitrogen and oxygen atoms in total. The summed E-state index contributed by atoms with van der Waals surface area (Å²) in [6, 6.07) is 64.8. The highest BCUT2D eigenvalue weighted by atomic mass is 15.3. The summed E-state index contributed by atoms with van der Waals surface area (Å²) >= 11 is 0. The lowest BCUT2D eigenvalue weighted by Gasteiger charge is -2.36. The molecule has 9 aromatic carbocycles. The molecule has 69 heavy (non-hydrogen) atoms. The quantitative estimate of drug-likeness (QED) is 0.137. The van der Waals surface area contributed by atoms with E-state index in [1.54, 1.807) is 0 Å². The van der Waals surface area contributed by atoms with Crippen LogP contribution in [0.15, 0.2) is 182 Å². The molecule has 0 saturated carbocycles. The normalized spacial score (nSPS) is 11.3. The lowest BCUT2D eigenvalue weighted by molar-refractivity contribution is 1.01. The first-order valence-corrected chi connectivity index (χ1v) is 23.9. The number of aromatic nitrogens is 3. The van der Waals surface area contributed by atoms with Gasteiger partial charge in [-0.25, -0.2) is 4.98 Å². The predicted octanol–water partition coefficient (Wildman–Crippen LogP) is 17.4. The SMILES string of the molecule is Cc1cc(C)c(N(c2cc(C)c(C)c(N(c3nc(-c4ccccc4)nc(-c4ccc5ccccc5c4-c4ccccc4)n3)c3ccccc3-c3ccccc3)c2C)c2c(C)cc(C)cc2C)c(C)c1. The molecule has 0 radical (unpaired) electrons. The number of rotatable bonds is 10. The zero-order chi connectivity index (χ0) is 47.9. The average Bonchev–Trinajstić information content (AvgIpc) is 3.35. The minimum atomic E-state index is 0.522. The predicted molar refractivity (Wildman–Crippen MR) is 291 cm³/mol. The third-order valence-corrected chi connectivity index (χ3v) is 13.5. The van der Waals surface area contributed by atoms with Crippen molar-refractivity contribution in [2.75, 3.05) is 9.80 Å². The summed E-state index contributed by atoms with van der Waals surface area (Å²) in [5.74, 6) is 1.70. The van der Waals surface area contributed by atoms with Crippen molar-refractivity contribution < 1.29 is 0 Å². The number of hydrogen-bond donors (Lipinski definition) is 0. The molecule has 0 bridgehead atoms. The Balaban J connectivity index is 1.33. The van der Waals surface area contributed by atoms with E-state index >= 15 is 0 Å². The maximum atomic E-state index is 5.68. The van der Waals surface area contributed by atoms with E-state index in [2.05, 4.69) is 236 Å². The van der Waals surface area contributed by atoms with Crippen molar-refractivity contribution in [1.29, 1.82) is 0 Å². The highest BCUT2D eigenvalue weighted by Gasteiger charge is 2.30. The molecule has 0 N–H and O–H groups in total. The zero-order valence-corrected chi connectivity index (χ0v) is 41.1. The molecule has 0 atom stereocenters. The van der Waals surface area contributed by atoms with Crippen LogP contribution in [-0.2, 0) is 0 Å². The van der Waals surface area contributed by atoms with Crippen molar-refractivity contribution in [3.8, 4) is 45.0 Å². The van der Waals surface area contributed by atoms with Crippen molar-refractivity contribution >= 4 is 45.2 Å². The summed E-state index contributed by atoms with van der Waals surface area (Å²) < 4.78 is 0. The van der Waals surface area contributed by atoms with Crippen LogP contribution in [0.25, 0.3) is 55.8 Å². The minimum absolute atomic E-state index is 0.522. The topological polar surface area (TPSA) is 45.2 Å². The smallest absolute Gasteiger partial charge is 0.238 e. The maximum Gasteiger partial charge on any atom is 0.238 e. The van der Waals surface area contributed by atoms with Crippen molar-refractivity contribution in [3.05, 3.63) is 232 Å². The van der Waals surface area contributed by atoms with Crippen LogP contribution in [0.4, 0.5) is 34.4 Å². The fraction of sp³-hybridized carbons (Fsp3) is 0.141. The van der Waals surface area contributed by atoms with Crippen LogP contribution in [0.1, 0.15) is 50.1 Å². The number of para-hydroxylation sites is 1.